The van der Waals surface area contributed by atoms with Crippen molar-refractivity contribution >= 4 is 37.9 Å². The number of nitrogens with one attached hydrogen (secondary N) is 2. The summed E-state index contributed by atoms with van der Waals surface area (Å²) in [6, 6.07) is 18.1. The molecule has 1 fully saturated rings. The molecule has 6 nitrogen and oxygen atoms in total. The van der Waals surface area contributed by atoms with Crippen LogP contribution in [0.4, 0.5) is 4.39 Å². The fourth-order valence-corrected chi connectivity index (χ4v) is 6.13. The van der Waals surface area contributed by atoms with Crippen molar-refractivity contribution in [1.82, 2.24) is 10.0 Å². The summed E-state index contributed by atoms with van der Waals surface area (Å²) in [6.07, 6.45) is 2.36. The largest absolute Gasteiger partial charge is 0.456 e. The van der Waals surface area contributed by atoms with Crippen molar-refractivity contribution in [1.29, 1.82) is 0 Å². The van der Waals surface area contributed by atoms with Gasteiger partial charge in [0.05, 0.1) is 10.9 Å². The van der Waals surface area contributed by atoms with Crippen LogP contribution in [0.1, 0.15) is 44.2 Å². The maximum atomic E-state index is 13.1. The Bertz CT molecular complexity index is 1470. The van der Waals surface area contributed by atoms with Crippen molar-refractivity contribution in [2.24, 2.45) is 5.92 Å². The molecular weight excluding hydrogens is 467 g/mol. The highest BCUT2D eigenvalue weighted by Crippen LogP contribution is 2.31. The lowest BCUT2D eigenvalue weighted by Gasteiger charge is -2.29. The molecule has 1 aliphatic rings. The topological polar surface area (TPSA) is 88.4 Å². The van der Waals surface area contributed by atoms with Crippen molar-refractivity contribution in [3.63, 3.8) is 0 Å². The molecule has 5 rings (SSSR count). The van der Waals surface area contributed by atoms with Crippen LogP contribution in [-0.4, -0.2) is 20.4 Å². The van der Waals surface area contributed by atoms with Gasteiger partial charge in [-0.25, -0.2) is 17.5 Å². The van der Waals surface area contributed by atoms with Crippen LogP contribution in [0.25, 0.3) is 21.9 Å². The monoisotopic (exact) mass is 494 g/mol. The highest BCUT2D eigenvalue weighted by Gasteiger charge is 2.30. The highest BCUT2D eigenvalue weighted by atomic mass is 32.2. The number of furan rings is 1. The molecule has 4 aromatic rings. The Kier molecular flexibility index (Phi) is 6.34. The minimum Gasteiger partial charge on any atom is -0.456 e. The summed E-state index contributed by atoms with van der Waals surface area (Å²) >= 11 is 0. The van der Waals surface area contributed by atoms with Gasteiger partial charge in [0.25, 0.3) is 0 Å². The smallest absolute Gasteiger partial charge is 0.240 e. The van der Waals surface area contributed by atoms with Crippen molar-refractivity contribution in [3.05, 3.63) is 78.1 Å². The van der Waals surface area contributed by atoms with Gasteiger partial charge in [-0.3, -0.25) is 4.79 Å². The van der Waals surface area contributed by atoms with Crippen LogP contribution in [0, 0.1) is 11.7 Å². The second-order valence-corrected chi connectivity index (χ2v) is 10.9. The summed E-state index contributed by atoms with van der Waals surface area (Å²) in [5.74, 6) is -0.543. The molecule has 0 spiro atoms. The lowest BCUT2D eigenvalue weighted by molar-refractivity contribution is -0.126. The second kappa shape index (κ2) is 9.43. The number of para-hydroxylation sites is 1. The first kappa shape index (κ1) is 23.5. The maximum Gasteiger partial charge on any atom is 0.240 e. The molecule has 1 aliphatic carbocycles. The summed E-state index contributed by atoms with van der Waals surface area (Å²) in [6.45, 7) is 1.87. The molecule has 1 atom stereocenters. The number of carbonyl (C=O) groups is 1. The summed E-state index contributed by atoms with van der Waals surface area (Å²) in [5.41, 5.74) is 2.20. The summed E-state index contributed by atoms with van der Waals surface area (Å²) < 4.78 is 48.0. The molecule has 35 heavy (non-hydrogen) atoms. The van der Waals surface area contributed by atoms with Gasteiger partial charge >= 0.3 is 0 Å². The van der Waals surface area contributed by atoms with E-state index < -0.39 is 10.0 Å². The number of hydrogen-bond acceptors (Lipinski definition) is 4. The number of amides is 1. The van der Waals surface area contributed by atoms with Crippen molar-refractivity contribution in [3.8, 4) is 0 Å². The first-order valence-electron chi connectivity index (χ1n) is 11.8. The van der Waals surface area contributed by atoms with Gasteiger partial charge < -0.3 is 9.73 Å². The second-order valence-electron chi connectivity index (χ2n) is 9.21. The molecule has 0 saturated heterocycles. The van der Waals surface area contributed by atoms with Gasteiger partial charge in [-0.2, -0.15) is 0 Å². The minimum atomic E-state index is -3.72. The van der Waals surface area contributed by atoms with E-state index in [0.29, 0.717) is 31.3 Å². The van der Waals surface area contributed by atoms with Crippen LogP contribution < -0.4 is 10.0 Å². The number of benzene rings is 3. The van der Waals surface area contributed by atoms with Crippen LogP contribution in [0.2, 0.25) is 0 Å². The molecule has 0 unspecified atom stereocenters. The van der Waals surface area contributed by atoms with E-state index in [-0.39, 0.29) is 34.6 Å². The zero-order valence-corrected chi connectivity index (χ0v) is 20.1. The van der Waals surface area contributed by atoms with Gasteiger partial charge in [-0.05, 0) is 74.6 Å². The predicted molar refractivity (Wildman–Crippen MR) is 133 cm³/mol. The molecule has 0 radical (unpaired) electrons. The Morgan fingerprint density at radius 2 is 1.63 bits per heavy atom. The minimum absolute atomic E-state index is 0.0552. The van der Waals surface area contributed by atoms with E-state index >= 15 is 0 Å². The molecule has 1 saturated carbocycles. The fourth-order valence-electron chi connectivity index (χ4n) is 4.80. The third-order valence-electron chi connectivity index (χ3n) is 6.81. The average molecular weight is 495 g/mol. The molecule has 3 aromatic carbocycles. The van der Waals surface area contributed by atoms with Gasteiger partial charge in [0, 0.05) is 22.7 Å². The van der Waals surface area contributed by atoms with Gasteiger partial charge in [-0.1, -0.05) is 30.3 Å². The zero-order valence-electron chi connectivity index (χ0n) is 19.3. The number of halogens is 1. The SMILES string of the molecule is C[C@@H](NC(=O)C1CCC(NS(=O)(=O)c2ccc3oc4ccccc4c3c2)CC1)c1ccc(F)cc1. The van der Waals surface area contributed by atoms with E-state index in [2.05, 4.69) is 10.0 Å². The number of rotatable bonds is 6. The molecule has 182 valence electrons. The van der Waals surface area contributed by atoms with Crippen LogP contribution in [0.3, 0.4) is 0 Å². The summed E-state index contributed by atoms with van der Waals surface area (Å²) in [7, 11) is -3.72. The van der Waals surface area contributed by atoms with Crippen LogP contribution in [-0.2, 0) is 14.8 Å². The Hall–Kier alpha value is -3.23. The van der Waals surface area contributed by atoms with Gasteiger partial charge in [-0.15, -0.1) is 0 Å². The quantitative estimate of drug-likeness (QED) is 0.374. The average Bonchev–Trinajstić information content (AvgIpc) is 3.22. The number of fused-ring (bicyclic) bond motifs is 3. The molecule has 0 aliphatic heterocycles. The molecule has 2 N–H and O–H groups in total. The van der Waals surface area contributed by atoms with E-state index in [0.717, 1.165) is 21.9 Å². The molecule has 1 aromatic heterocycles. The van der Waals surface area contributed by atoms with Crippen LogP contribution >= 0.6 is 0 Å². The highest BCUT2D eigenvalue weighted by molar-refractivity contribution is 7.89. The first-order chi connectivity index (χ1) is 16.8. The van der Waals surface area contributed by atoms with E-state index in [4.69, 9.17) is 4.42 Å². The maximum absolute atomic E-state index is 13.1. The Balaban J connectivity index is 1.21. The number of carbonyl (C=O) groups excluding carboxylic acids is 1. The van der Waals surface area contributed by atoms with E-state index in [1.165, 1.54) is 12.1 Å². The van der Waals surface area contributed by atoms with E-state index in [1.807, 2.05) is 31.2 Å². The van der Waals surface area contributed by atoms with Crippen LogP contribution in [0.5, 0.6) is 0 Å². The third kappa shape index (κ3) is 4.94. The first-order valence-corrected chi connectivity index (χ1v) is 13.3. The summed E-state index contributed by atoms with van der Waals surface area (Å²) in [5, 5.41) is 4.63. The Morgan fingerprint density at radius 1 is 0.943 bits per heavy atom. The zero-order chi connectivity index (χ0) is 24.6. The molecule has 0 bridgehead atoms. The standard InChI is InChI=1S/C27H27FN2O4S/c1-17(18-6-10-20(28)11-7-18)29-27(31)19-8-12-21(13-9-19)30-35(32,33)22-14-15-26-24(16-22)23-4-2-3-5-25(23)34-26/h2-7,10-11,14-17,19,21,30H,8-9,12-13H2,1H3,(H,29,31)/t17-,19?,21?/m1/s1. The number of hydrogen-bond donors (Lipinski definition) is 2. The van der Waals surface area contributed by atoms with Gasteiger partial charge in [0.1, 0.15) is 17.0 Å². The Morgan fingerprint density at radius 3 is 2.37 bits per heavy atom. The van der Waals surface area contributed by atoms with Gasteiger partial charge in [0.2, 0.25) is 15.9 Å². The fraction of sp³-hybridized carbons (Fsp3) is 0.296. The lowest BCUT2D eigenvalue weighted by atomic mass is 9.85. The van der Waals surface area contributed by atoms with Crippen molar-refractivity contribution < 1.29 is 22.0 Å². The molecular formula is C27H27FN2O4S. The number of sulfonamides is 1. The lowest BCUT2D eigenvalue weighted by Crippen LogP contribution is -2.41. The summed E-state index contributed by atoms with van der Waals surface area (Å²) in [4.78, 5) is 12.9. The van der Waals surface area contributed by atoms with Gasteiger partial charge in [0.15, 0.2) is 0 Å². The predicted octanol–water partition coefficient (Wildman–Crippen LogP) is 5.44. The van der Waals surface area contributed by atoms with Crippen molar-refractivity contribution in [2.45, 2.75) is 49.6 Å². The molecule has 1 heterocycles. The molecule has 1 amide bonds. The van der Waals surface area contributed by atoms with Crippen LogP contribution in [0.15, 0.2) is 76.0 Å². The van der Waals surface area contributed by atoms with Crippen molar-refractivity contribution in [2.75, 3.05) is 0 Å². The Labute approximate surface area is 203 Å². The third-order valence-corrected chi connectivity index (χ3v) is 8.33. The normalized spacial score (nSPS) is 19.6. The molecule has 8 heteroatoms. The van der Waals surface area contributed by atoms with E-state index in [9.17, 15) is 17.6 Å². The van der Waals surface area contributed by atoms with E-state index in [1.54, 1.807) is 30.3 Å².